The molecular weight excluding hydrogens is 404 g/mol. The minimum atomic E-state index is -1.35. The molecule has 3 aromatic rings. The third-order valence-corrected chi connectivity index (χ3v) is 4.48. The first kappa shape index (κ1) is 21.0. The summed E-state index contributed by atoms with van der Waals surface area (Å²) in [4.78, 5) is 24.8. The quantitative estimate of drug-likeness (QED) is 0.271. The average Bonchev–Trinajstić information content (AvgIpc) is 3.36. The number of aromatic nitrogens is 6. The molecular formula is C13H15N7NaO6P. The van der Waals surface area contributed by atoms with E-state index in [1.807, 2.05) is 0 Å². The van der Waals surface area contributed by atoms with Crippen molar-refractivity contribution >= 4 is 25.8 Å². The van der Waals surface area contributed by atoms with E-state index in [0.29, 0.717) is 0 Å². The molecule has 15 heteroatoms. The van der Waals surface area contributed by atoms with Gasteiger partial charge < -0.3 is 22.1 Å². The maximum Gasteiger partial charge on any atom is 1.00 e. The second-order valence-corrected chi connectivity index (χ2v) is 6.18. The van der Waals surface area contributed by atoms with Gasteiger partial charge in [0.15, 0.2) is 17.4 Å². The van der Waals surface area contributed by atoms with Crippen LogP contribution in [0.3, 0.4) is 0 Å². The van der Waals surface area contributed by atoms with Gasteiger partial charge in [0.1, 0.15) is 24.6 Å². The number of nitrogens with two attached hydrogens (primary N) is 1. The normalized spacial score (nSPS) is 24.6. The van der Waals surface area contributed by atoms with Crippen molar-refractivity contribution in [2.24, 2.45) is 0 Å². The van der Waals surface area contributed by atoms with Crippen LogP contribution in [0, 0.1) is 0 Å². The predicted molar refractivity (Wildman–Crippen MR) is 89.8 cm³/mol. The van der Waals surface area contributed by atoms with Crippen LogP contribution in [0.5, 0.6) is 0 Å². The van der Waals surface area contributed by atoms with Gasteiger partial charge in [-0.1, -0.05) is 0 Å². The Hall–Kier alpha value is -1.70. The summed E-state index contributed by atoms with van der Waals surface area (Å²) in [6, 6.07) is 0. The first-order valence-corrected chi connectivity index (χ1v) is 8.46. The molecule has 4 N–H and O–H groups in total. The van der Waals surface area contributed by atoms with Gasteiger partial charge >= 0.3 is 43.8 Å². The van der Waals surface area contributed by atoms with Gasteiger partial charge in [0.05, 0.1) is 12.9 Å². The fourth-order valence-corrected chi connectivity index (χ4v) is 3.16. The minimum Gasteiger partial charge on any atom is -1.00 e. The van der Waals surface area contributed by atoms with Gasteiger partial charge in [-0.05, 0) is 0 Å². The van der Waals surface area contributed by atoms with E-state index in [-0.39, 0.29) is 54.7 Å². The van der Waals surface area contributed by atoms with E-state index in [9.17, 15) is 19.6 Å². The number of fused-ring (bicyclic) bond motifs is 1. The van der Waals surface area contributed by atoms with E-state index in [1.165, 1.54) is 34.3 Å². The molecule has 1 aliphatic heterocycles. The summed E-state index contributed by atoms with van der Waals surface area (Å²) in [5.74, 6) is -0.134. The van der Waals surface area contributed by atoms with Crippen molar-refractivity contribution in [1.82, 2.24) is 28.9 Å². The molecule has 1 saturated heterocycles. The Bertz CT molecular complexity index is 1050. The van der Waals surface area contributed by atoms with Gasteiger partial charge in [-0.2, -0.15) is 9.66 Å². The molecule has 0 bridgehead atoms. The van der Waals surface area contributed by atoms with Gasteiger partial charge in [0.2, 0.25) is 5.95 Å². The summed E-state index contributed by atoms with van der Waals surface area (Å²) in [5, 5.41) is 20.4. The van der Waals surface area contributed by atoms with Crippen LogP contribution in [-0.4, -0.2) is 64.0 Å². The molecule has 0 aliphatic carbocycles. The number of aliphatic hydroxyl groups excluding tert-OH is 2. The zero-order valence-corrected chi connectivity index (χ0v) is 17.5. The van der Waals surface area contributed by atoms with Gasteiger partial charge in [0, 0.05) is 12.4 Å². The van der Waals surface area contributed by atoms with Gasteiger partial charge in [-0.15, -0.1) is 0 Å². The molecule has 144 valence electrons. The molecule has 1 fully saturated rings. The summed E-state index contributed by atoms with van der Waals surface area (Å²) in [6.45, 7) is -0.199. The van der Waals surface area contributed by atoms with Crippen LogP contribution in [-0.2, 0) is 13.8 Å². The van der Waals surface area contributed by atoms with Crippen LogP contribution in [0.15, 0.2) is 29.8 Å². The average molecular weight is 419 g/mol. The van der Waals surface area contributed by atoms with Crippen LogP contribution >= 0.6 is 8.69 Å². The first-order valence-electron chi connectivity index (χ1n) is 7.73. The number of hydrogen-bond acceptors (Lipinski definition) is 10. The van der Waals surface area contributed by atoms with Crippen molar-refractivity contribution in [3.8, 4) is 0 Å². The Balaban J connectivity index is 0.00000150. The standard InChI is InChI=1S/C13H14N7O6P.Na.H/c14-13-17-10-7(11(23)20(13)18-2-1-15-4-18)16-5-19(10)12-9(22)8(21)6(26-12)3-25-27-24;;/h1-2,4-6,8-9,12,21-22H,3H2,(H2,14,17);;/q;+1;-1/t6-,8-,9-,12-;;/m1../s1. The number of imidazole rings is 2. The SMILES string of the molecule is Nc1nc2c(ncn2[C@@H]2O[C@H](COP=O)[C@@H](O)[C@H]2O)c(=O)n1-n1ccnc1.[H-].[Na+]. The summed E-state index contributed by atoms with van der Waals surface area (Å²) < 4.78 is 24.4. The molecule has 4 atom stereocenters. The molecule has 4 rings (SSSR count). The van der Waals surface area contributed by atoms with Crippen LogP contribution in [0.4, 0.5) is 5.95 Å². The Morgan fingerprint density at radius 2 is 2.14 bits per heavy atom. The Morgan fingerprint density at radius 3 is 2.82 bits per heavy atom. The number of ether oxygens (including phenoxy) is 1. The zero-order chi connectivity index (χ0) is 19.1. The monoisotopic (exact) mass is 419 g/mol. The van der Waals surface area contributed by atoms with Crippen LogP contribution in [0.1, 0.15) is 7.65 Å². The topological polar surface area (TPSA) is 173 Å². The third-order valence-electron chi connectivity index (χ3n) is 4.22. The van der Waals surface area contributed by atoms with Crippen molar-refractivity contribution in [2.75, 3.05) is 12.3 Å². The Morgan fingerprint density at radius 1 is 1.36 bits per heavy atom. The number of aliphatic hydroxyl groups is 2. The van der Waals surface area contributed by atoms with Crippen LogP contribution in [0.2, 0.25) is 0 Å². The Kier molecular flexibility index (Phi) is 6.27. The van der Waals surface area contributed by atoms with Gasteiger partial charge in [-0.3, -0.25) is 13.9 Å². The molecule has 0 aromatic carbocycles. The fourth-order valence-electron chi connectivity index (χ4n) is 2.96. The summed E-state index contributed by atoms with van der Waals surface area (Å²) >= 11 is 0. The molecule has 0 spiro atoms. The minimum absolute atomic E-state index is 0. The van der Waals surface area contributed by atoms with Crippen molar-refractivity contribution in [3.05, 3.63) is 35.4 Å². The zero-order valence-electron chi connectivity index (χ0n) is 15.6. The van der Waals surface area contributed by atoms with E-state index in [2.05, 4.69) is 19.5 Å². The van der Waals surface area contributed by atoms with E-state index in [1.54, 1.807) is 0 Å². The smallest absolute Gasteiger partial charge is 1.00 e. The summed E-state index contributed by atoms with van der Waals surface area (Å²) in [7, 11) is -0.574. The Labute approximate surface area is 181 Å². The molecule has 0 amide bonds. The van der Waals surface area contributed by atoms with Crippen molar-refractivity contribution in [1.29, 1.82) is 0 Å². The second kappa shape index (κ2) is 8.35. The maximum absolute atomic E-state index is 12.7. The van der Waals surface area contributed by atoms with E-state index >= 15 is 0 Å². The molecule has 4 heterocycles. The summed E-state index contributed by atoms with van der Waals surface area (Å²) in [5.41, 5.74) is 5.43. The summed E-state index contributed by atoms with van der Waals surface area (Å²) in [6.07, 6.45) is 0.973. The van der Waals surface area contributed by atoms with E-state index < -0.39 is 38.8 Å². The number of nitrogen functional groups attached to an aromatic ring is 1. The molecule has 28 heavy (non-hydrogen) atoms. The second-order valence-electron chi connectivity index (χ2n) is 5.77. The number of nitrogens with zero attached hydrogens (tertiary/aromatic N) is 6. The largest absolute Gasteiger partial charge is 1.00 e. The molecule has 13 nitrogen and oxygen atoms in total. The van der Waals surface area contributed by atoms with Gasteiger partial charge in [0.25, 0.3) is 0 Å². The third kappa shape index (κ3) is 3.40. The van der Waals surface area contributed by atoms with Crippen molar-refractivity contribution in [2.45, 2.75) is 24.5 Å². The van der Waals surface area contributed by atoms with Crippen LogP contribution in [0.25, 0.3) is 11.2 Å². The van der Waals surface area contributed by atoms with Crippen LogP contribution < -0.4 is 40.9 Å². The van der Waals surface area contributed by atoms with Crippen molar-refractivity contribution in [3.63, 3.8) is 0 Å². The number of anilines is 1. The number of rotatable bonds is 5. The molecule has 1 aliphatic rings. The maximum atomic E-state index is 12.7. The van der Waals surface area contributed by atoms with E-state index in [4.69, 9.17) is 10.5 Å². The molecule has 3 aromatic heterocycles. The predicted octanol–water partition coefficient (Wildman–Crippen LogP) is -4.36. The molecule has 0 saturated carbocycles. The van der Waals surface area contributed by atoms with Gasteiger partial charge in [-0.25, -0.2) is 19.2 Å². The van der Waals surface area contributed by atoms with Crippen molar-refractivity contribution < 1.29 is 55.0 Å². The van der Waals surface area contributed by atoms with E-state index in [0.717, 1.165) is 4.68 Å². The molecule has 0 radical (unpaired) electrons. The molecule has 0 unspecified atom stereocenters. The fraction of sp³-hybridized carbons (Fsp3) is 0.385. The first-order chi connectivity index (χ1) is 13.0. The number of hydrogen-bond donors (Lipinski definition) is 3.